The second-order valence-corrected chi connectivity index (χ2v) is 4.79. The smallest absolute Gasteiger partial charge is 0.0507 e. The molecule has 0 spiro atoms. The van der Waals surface area contributed by atoms with Crippen LogP contribution in [0, 0.1) is 0 Å². The van der Waals surface area contributed by atoms with Gasteiger partial charge in [-0.15, -0.1) is 6.58 Å². The monoisotopic (exact) mass is 318 g/mol. The maximum absolute atomic E-state index is 5.95. The summed E-state index contributed by atoms with van der Waals surface area (Å²) in [6.45, 7) is 3.66. The third-order valence-corrected chi connectivity index (χ3v) is 3.06. The van der Waals surface area contributed by atoms with Crippen LogP contribution in [0.5, 0.6) is 0 Å². The Morgan fingerprint density at radius 1 is 1.43 bits per heavy atom. The molecule has 0 saturated heterocycles. The van der Waals surface area contributed by atoms with Gasteiger partial charge in [0.15, 0.2) is 0 Å². The largest absolute Gasteiger partial charge is 0.398 e. The topological polar surface area (TPSA) is 52.0 Å². The quantitative estimate of drug-likeness (QED) is 0.663. The maximum atomic E-state index is 5.95. The number of hydrogen-bond donors (Lipinski definition) is 2. The van der Waals surface area contributed by atoms with Crippen molar-refractivity contribution in [2.45, 2.75) is 12.5 Å². The van der Waals surface area contributed by atoms with E-state index in [0.29, 0.717) is 12.1 Å². The van der Waals surface area contributed by atoms with Crippen molar-refractivity contribution in [3.8, 4) is 0 Å². The van der Waals surface area contributed by atoms with Gasteiger partial charge in [0.1, 0.15) is 0 Å². The van der Waals surface area contributed by atoms with E-state index < -0.39 is 0 Å². The van der Waals surface area contributed by atoms with Gasteiger partial charge < -0.3 is 11.5 Å². The number of halogens is 2. The van der Waals surface area contributed by atoms with Gasteiger partial charge >= 0.3 is 0 Å². The Hall–Kier alpha value is -0.320. The van der Waals surface area contributed by atoms with Crippen LogP contribution in [0.4, 0.5) is 5.69 Å². The van der Waals surface area contributed by atoms with Gasteiger partial charge in [-0.2, -0.15) is 0 Å². The Balaban J connectivity index is 3.12. The minimum atomic E-state index is -0.0960. The molecule has 0 aliphatic heterocycles. The lowest BCUT2D eigenvalue weighted by atomic mass is 10.0. The summed E-state index contributed by atoms with van der Waals surface area (Å²) in [5.74, 6) is 0. The molecule has 1 rings (SSSR count). The molecule has 0 aromatic heterocycles. The van der Waals surface area contributed by atoms with Crippen molar-refractivity contribution in [2.24, 2.45) is 5.73 Å². The molecule has 4 heteroatoms. The van der Waals surface area contributed by atoms with Crippen LogP contribution in [0.2, 0.25) is 0 Å². The Kier molecular flexibility index (Phi) is 4.16. The summed E-state index contributed by atoms with van der Waals surface area (Å²) in [4.78, 5) is 0. The number of hydrogen-bond acceptors (Lipinski definition) is 2. The molecule has 1 atom stereocenters. The molecule has 0 unspecified atom stereocenters. The Bertz CT molecular complexity index is 350. The molecule has 1 aromatic rings. The zero-order valence-corrected chi connectivity index (χ0v) is 10.8. The van der Waals surface area contributed by atoms with Gasteiger partial charge in [0.25, 0.3) is 0 Å². The van der Waals surface area contributed by atoms with E-state index in [9.17, 15) is 0 Å². The van der Waals surface area contributed by atoms with Gasteiger partial charge in [-0.1, -0.05) is 22.0 Å². The van der Waals surface area contributed by atoms with Crippen LogP contribution in [-0.2, 0) is 0 Å². The molecule has 0 heterocycles. The molecule has 0 saturated carbocycles. The summed E-state index contributed by atoms with van der Waals surface area (Å²) >= 11 is 6.78. The second-order valence-electron chi connectivity index (χ2n) is 3.02. The second kappa shape index (κ2) is 4.96. The predicted molar refractivity (Wildman–Crippen MR) is 68.0 cm³/mol. The molecule has 4 N–H and O–H groups in total. The fourth-order valence-corrected chi connectivity index (χ4v) is 2.48. The van der Waals surface area contributed by atoms with Crippen molar-refractivity contribution in [3.63, 3.8) is 0 Å². The first-order valence-electron chi connectivity index (χ1n) is 4.17. The van der Waals surface area contributed by atoms with E-state index in [1.54, 1.807) is 6.08 Å². The van der Waals surface area contributed by atoms with Gasteiger partial charge in [0.2, 0.25) is 0 Å². The van der Waals surface area contributed by atoms with Crippen molar-refractivity contribution in [3.05, 3.63) is 39.3 Å². The zero-order chi connectivity index (χ0) is 10.7. The van der Waals surface area contributed by atoms with Crippen molar-refractivity contribution in [2.75, 3.05) is 5.73 Å². The van der Waals surface area contributed by atoms with E-state index in [1.165, 1.54) is 0 Å². The molecule has 1 aromatic carbocycles. The zero-order valence-electron chi connectivity index (χ0n) is 7.63. The molecule has 0 aliphatic carbocycles. The Morgan fingerprint density at radius 3 is 2.64 bits per heavy atom. The van der Waals surface area contributed by atoms with Crippen LogP contribution in [0.15, 0.2) is 33.7 Å². The Morgan fingerprint density at radius 2 is 2.07 bits per heavy atom. The van der Waals surface area contributed by atoms with E-state index in [-0.39, 0.29) is 6.04 Å². The minimum absolute atomic E-state index is 0.0960. The molecule has 14 heavy (non-hydrogen) atoms. The average molecular weight is 320 g/mol. The van der Waals surface area contributed by atoms with Crippen LogP contribution >= 0.6 is 31.9 Å². The summed E-state index contributed by atoms with van der Waals surface area (Å²) in [5, 5.41) is 0. The van der Waals surface area contributed by atoms with Gasteiger partial charge in [-0.05, 0) is 40.0 Å². The highest BCUT2D eigenvalue weighted by atomic mass is 79.9. The van der Waals surface area contributed by atoms with Gasteiger partial charge in [-0.25, -0.2) is 0 Å². The number of benzene rings is 1. The first kappa shape index (κ1) is 11.8. The number of nitrogens with two attached hydrogens (primary N) is 2. The molecule has 76 valence electrons. The molecule has 0 bridgehead atoms. The van der Waals surface area contributed by atoms with Crippen LogP contribution < -0.4 is 11.5 Å². The molecule has 0 aliphatic rings. The molecule has 0 radical (unpaired) electrons. The van der Waals surface area contributed by atoms with Gasteiger partial charge in [0, 0.05) is 15.0 Å². The number of rotatable bonds is 3. The standard InChI is InChI=1S/C10H12Br2N2/c1-2-3-9(13)7-4-6(11)5-8(12)10(7)14/h2,4-5,9H,1,3,13-14H2/t9-/m1/s1. The Labute approximate surface area is 101 Å². The lowest BCUT2D eigenvalue weighted by Crippen LogP contribution is -2.11. The summed E-state index contributed by atoms with van der Waals surface area (Å²) < 4.78 is 1.83. The molecule has 0 amide bonds. The SMILES string of the molecule is C=CC[C@@H](N)c1cc(Br)cc(Br)c1N. The fourth-order valence-electron chi connectivity index (χ4n) is 1.22. The van der Waals surface area contributed by atoms with E-state index in [4.69, 9.17) is 11.5 Å². The molecular formula is C10H12Br2N2. The fraction of sp³-hybridized carbons (Fsp3) is 0.200. The van der Waals surface area contributed by atoms with Gasteiger partial charge in [0.05, 0.1) is 5.69 Å². The van der Waals surface area contributed by atoms with E-state index in [0.717, 1.165) is 14.5 Å². The van der Waals surface area contributed by atoms with Crippen LogP contribution in [0.1, 0.15) is 18.0 Å². The maximum Gasteiger partial charge on any atom is 0.0507 e. The van der Waals surface area contributed by atoms with Crippen LogP contribution in [-0.4, -0.2) is 0 Å². The number of anilines is 1. The lowest BCUT2D eigenvalue weighted by Gasteiger charge is -2.14. The first-order chi connectivity index (χ1) is 6.56. The third-order valence-electron chi connectivity index (χ3n) is 1.95. The normalized spacial score (nSPS) is 12.5. The highest BCUT2D eigenvalue weighted by molar-refractivity contribution is 9.11. The van der Waals surface area contributed by atoms with Crippen molar-refractivity contribution >= 4 is 37.5 Å². The van der Waals surface area contributed by atoms with Crippen LogP contribution in [0.25, 0.3) is 0 Å². The first-order valence-corrected chi connectivity index (χ1v) is 5.75. The minimum Gasteiger partial charge on any atom is -0.398 e. The summed E-state index contributed by atoms with van der Waals surface area (Å²) in [5.41, 5.74) is 13.5. The summed E-state index contributed by atoms with van der Waals surface area (Å²) in [6.07, 6.45) is 2.51. The highest BCUT2D eigenvalue weighted by Crippen LogP contribution is 2.32. The summed E-state index contributed by atoms with van der Waals surface area (Å²) in [6, 6.07) is 3.74. The third kappa shape index (κ3) is 2.59. The van der Waals surface area contributed by atoms with E-state index >= 15 is 0 Å². The average Bonchev–Trinajstić information content (AvgIpc) is 2.11. The molecule has 2 nitrogen and oxygen atoms in total. The summed E-state index contributed by atoms with van der Waals surface area (Å²) in [7, 11) is 0. The predicted octanol–water partition coefficient (Wildman–Crippen LogP) is 3.37. The van der Waals surface area contributed by atoms with Crippen molar-refractivity contribution < 1.29 is 0 Å². The van der Waals surface area contributed by atoms with Crippen molar-refractivity contribution in [1.29, 1.82) is 0 Å². The molecule has 0 fully saturated rings. The van der Waals surface area contributed by atoms with Crippen molar-refractivity contribution in [1.82, 2.24) is 0 Å². The van der Waals surface area contributed by atoms with E-state index in [2.05, 4.69) is 38.4 Å². The highest BCUT2D eigenvalue weighted by Gasteiger charge is 2.11. The van der Waals surface area contributed by atoms with Gasteiger partial charge in [-0.3, -0.25) is 0 Å². The number of nitrogen functional groups attached to an aromatic ring is 1. The molecular weight excluding hydrogens is 308 g/mol. The van der Waals surface area contributed by atoms with E-state index in [1.807, 2.05) is 12.1 Å². The lowest BCUT2D eigenvalue weighted by molar-refractivity contribution is 0.743. The van der Waals surface area contributed by atoms with Crippen LogP contribution in [0.3, 0.4) is 0 Å².